The third-order valence-corrected chi connectivity index (χ3v) is 7.16. The summed E-state index contributed by atoms with van der Waals surface area (Å²) in [6, 6.07) is 13.3. The monoisotopic (exact) mass is 614 g/mol. The van der Waals surface area contributed by atoms with Gasteiger partial charge in [-0.1, -0.05) is 70.6 Å². The number of carbonyl (C=O) groups excluding carboxylic acids is 2. The van der Waals surface area contributed by atoms with Crippen LogP contribution in [-0.2, 0) is 9.59 Å². The average Bonchev–Trinajstić information content (AvgIpc) is 3.58. The van der Waals surface area contributed by atoms with Gasteiger partial charge in [0.25, 0.3) is 10.4 Å². The fourth-order valence-electron chi connectivity index (χ4n) is 3.48. The summed E-state index contributed by atoms with van der Waals surface area (Å²) in [4.78, 5) is 31.8. The maximum atomic E-state index is 10.9. The largest absolute Gasteiger partial charge is 0.431 e. The highest BCUT2D eigenvalue weighted by atomic mass is 32.1. The van der Waals surface area contributed by atoms with Crippen LogP contribution in [0.2, 0.25) is 0 Å². The molecule has 0 radical (unpaired) electrons. The van der Waals surface area contributed by atoms with Crippen LogP contribution in [0.4, 0.5) is 0 Å². The number of benzene rings is 2. The van der Waals surface area contributed by atoms with Crippen LogP contribution in [0.15, 0.2) is 54.9 Å². The minimum Gasteiger partial charge on any atom is -0.431 e. The van der Waals surface area contributed by atoms with Gasteiger partial charge in [-0.25, -0.2) is 9.97 Å². The Labute approximate surface area is 260 Å². The molecule has 2 atom stereocenters. The summed E-state index contributed by atoms with van der Waals surface area (Å²) in [5.41, 5.74) is 3.41. The van der Waals surface area contributed by atoms with Crippen molar-refractivity contribution in [3.05, 3.63) is 81.3 Å². The zero-order valence-electron chi connectivity index (χ0n) is 25.2. The van der Waals surface area contributed by atoms with Crippen molar-refractivity contribution in [3.63, 3.8) is 0 Å². The standard InChI is InChI=1S/C17H18N2O2S.C16H16N2O2S/c1-11-6-5-7-16(13(11)3)21-17-18-10-15(22-17)9-8-12(2)19-14(4)20;1-11-5-4-6-14(9-11)20-16-17-10-15(21-16)8-7-12(2)18-13(3)19/h5-7,10,12H,1-4H3,(H,19,20);4-6,9-10,12H,1-3H3,(H,18,19). The van der Waals surface area contributed by atoms with E-state index in [4.69, 9.17) is 9.47 Å². The van der Waals surface area contributed by atoms with Crippen LogP contribution in [0.3, 0.4) is 0 Å². The first kappa shape index (κ1) is 32.9. The van der Waals surface area contributed by atoms with Gasteiger partial charge >= 0.3 is 0 Å². The molecule has 0 aliphatic heterocycles. The molecule has 0 fully saturated rings. The van der Waals surface area contributed by atoms with E-state index in [1.807, 2.05) is 77.1 Å². The molecule has 0 spiro atoms. The summed E-state index contributed by atoms with van der Waals surface area (Å²) in [5, 5.41) is 6.53. The number of ether oxygens (including phenoxy) is 2. The number of aromatic nitrogens is 2. The highest BCUT2D eigenvalue weighted by molar-refractivity contribution is 7.14. The third kappa shape index (κ3) is 11.6. The van der Waals surface area contributed by atoms with E-state index in [1.54, 1.807) is 12.4 Å². The SMILES string of the molecule is CC(=O)NC(C)C#Cc1cnc(Oc2cccc(C)c2)s1.CC(=O)NC(C)C#Cc1cnc(Oc2cccc(C)c2C)s1. The van der Waals surface area contributed by atoms with Gasteiger partial charge in [0, 0.05) is 13.8 Å². The molecular weight excluding hydrogens is 581 g/mol. The molecule has 222 valence electrons. The van der Waals surface area contributed by atoms with Gasteiger partial charge in [-0.2, -0.15) is 0 Å². The Kier molecular flexibility index (Phi) is 12.3. The van der Waals surface area contributed by atoms with Crippen molar-refractivity contribution < 1.29 is 19.1 Å². The molecule has 10 heteroatoms. The van der Waals surface area contributed by atoms with Crippen molar-refractivity contribution in [2.45, 2.75) is 60.5 Å². The molecule has 0 saturated heterocycles. The average molecular weight is 615 g/mol. The van der Waals surface area contributed by atoms with Gasteiger partial charge < -0.3 is 20.1 Å². The number of aryl methyl sites for hydroxylation is 2. The maximum Gasteiger partial charge on any atom is 0.279 e. The first-order valence-corrected chi connectivity index (χ1v) is 15.1. The lowest BCUT2D eigenvalue weighted by atomic mass is 10.1. The molecule has 2 aromatic carbocycles. The van der Waals surface area contributed by atoms with Gasteiger partial charge in [0.15, 0.2) is 0 Å². The fraction of sp³-hybridized carbons (Fsp3) is 0.273. The molecule has 2 amide bonds. The van der Waals surface area contributed by atoms with Gasteiger partial charge in [0.05, 0.1) is 24.5 Å². The zero-order valence-corrected chi connectivity index (χ0v) is 26.8. The number of rotatable bonds is 6. The first-order valence-electron chi connectivity index (χ1n) is 13.5. The molecular formula is C33H34N4O4S2. The number of nitrogens with zero attached hydrogens (tertiary/aromatic N) is 2. The number of hydrogen-bond acceptors (Lipinski definition) is 8. The van der Waals surface area contributed by atoms with Crippen molar-refractivity contribution in [1.29, 1.82) is 0 Å². The molecule has 8 nitrogen and oxygen atoms in total. The summed E-state index contributed by atoms with van der Waals surface area (Å²) >= 11 is 2.76. The van der Waals surface area contributed by atoms with Gasteiger partial charge in [0.1, 0.15) is 21.3 Å². The topological polar surface area (TPSA) is 102 Å². The Bertz CT molecular complexity index is 1690. The smallest absolute Gasteiger partial charge is 0.279 e. The van der Waals surface area contributed by atoms with E-state index in [-0.39, 0.29) is 23.9 Å². The van der Waals surface area contributed by atoms with Crippen molar-refractivity contribution in [3.8, 4) is 45.6 Å². The minimum absolute atomic E-state index is 0.0925. The maximum absolute atomic E-state index is 10.9. The van der Waals surface area contributed by atoms with E-state index >= 15 is 0 Å². The van der Waals surface area contributed by atoms with Gasteiger partial charge in [-0.3, -0.25) is 9.59 Å². The first-order chi connectivity index (χ1) is 20.5. The Hall–Kier alpha value is -4.64. The molecule has 2 aromatic heterocycles. The zero-order chi connectivity index (χ0) is 31.4. The highest BCUT2D eigenvalue weighted by Gasteiger charge is 2.07. The second-order valence-corrected chi connectivity index (χ2v) is 11.6. The van der Waals surface area contributed by atoms with Gasteiger partial charge in [-0.15, -0.1) is 0 Å². The summed E-state index contributed by atoms with van der Waals surface area (Å²) in [6.07, 6.45) is 3.35. The van der Waals surface area contributed by atoms with Crippen LogP contribution in [0.1, 0.15) is 54.1 Å². The van der Waals surface area contributed by atoms with Crippen LogP contribution < -0.4 is 20.1 Å². The normalized spacial score (nSPS) is 11.2. The van der Waals surface area contributed by atoms with Crippen LogP contribution in [0.5, 0.6) is 21.9 Å². The summed E-state index contributed by atoms with van der Waals surface area (Å²) < 4.78 is 11.5. The lowest BCUT2D eigenvalue weighted by molar-refractivity contribution is -0.120. The quantitative estimate of drug-likeness (QED) is 0.239. The van der Waals surface area contributed by atoms with E-state index in [2.05, 4.69) is 44.3 Å². The predicted molar refractivity (Wildman–Crippen MR) is 172 cm³/mol. The Morgan fingerprint density at radius 1 is 0.791 bits per heavy atom. The van der Waals surface area contributed by atoms with Crippen molar-refractivity contribution in [1.82, 2.24) is 20.6 Å². The van der Waals surface area contributed by atoms with Gasteiger partial charge in [0.2, 0.25) is 11.8 Å². The number of nitrogens with one attached hydrogen (secondary N) is 2. The minimum atomic E-state index is -0.192. The van der Waals surface area contributed by atoms with E-state index in [1.165, 1.54) is 42.1 Å². The molecule has 0 saturated carbocycles. The second kappa shape index (κ2) is 16.1. The molecule has 2 heterocycles. The Balaban J connectivity index is 0.000000236. The summed E-state index contributed by atoms with van der Waals surface area (Å²) in [7, 11) is 0. The van der Waals surface area contributed by atoms with Crippen LogP contribution >= 0.6 is 22.7 Å². The van der Waals surface area contributed by atoms with Crippen LogP contribution in [0, 0.1) is 44.5 Å². The van der Waals surface area contributed by atoms with Gasteiger partial charge in [-0.05, 0) is 69.5 Å². The molecule has 0 aliphatic carbocycles. The molecule has 0 aliphatic rings. The molecule has 4 rings (SSSR count). The van der Waals surface area contributed by atoms with E-state index in [9.17, 15) is 9.59 Å². The number of amides is 2. The summed E-state index contributed by atoms with van der Waals surface area (Å²) in [5.74, 6) is 13.3. The molecule has 2 N–H and O–H groups in total. The van der Waals surface area contributed by atoms with Crippen LogP contribution in [-0.4, -0.2) is 33.9 Å². The van der Waals surface area contributed by atoms with Crippen molar-refractivity contribution in [2.75, 3.05) is 0 Å². The molecule has 0 bridgehead atoms. The van der Waals surface area contributed by atoms with E-state index in [0.29, 0.717) is 10.4 Å². The molecule has 4 aromatic rings. The highest BCUT2D eigenvalue weighted by Crippen LogP contribution is 2.30. The lowest BCUT2D eigenvalue weighted by Gasteiger charge is -2.07. The number of thiazole rings is 2. The Morgan fingerprint density at radius 3 is 1.86 bits per heavy atom. The van der Waals surface area contributed by atoms with E-state index in [0.717, 1.165) is 32.4 Å². The fourth-order valence-corrected chi connectivity index (χ4v) is 4.76. The van der Waals surface area contributed by atoms with Crippen molar-refractivity contribution >= 4 is 34.5 Å². The molecule has 43 heavy (non-hydrogen) atoms. The lowest BCUT2D eigenvalue weighted by Crippen LogP contribution is -2.28. The second-order valence-electron chi connectivity index (χ2n) is 9.58. The van der Waals surface area contributed by atoms with Crippen LogP contribution in [0.25, 0.3) is 0 Å². The number of hydrogen-bond donors (Lipinski definition) is 2. The molecule has 2 unspecified atom stereocenters. The predicted octanol–water partition coefficient (Wildman–Crippen LogP) is 6.55. The van der Waals surface area contributed by atoms with E-state index < -0.39 is 0 Å². The van der Waals surface area contributed by atoms with Crippen molar-refractivity contribution in [2.24, 2.45) is 0 Å². The summed E-state index contributed by atoms with van der Waals surface area (Å²) in [6.45, 7) is 12.7. The Morgan fingerprint density at radius 2 is 1.33 bits per heavy atom. The number of carbonyl (C=O) groups is 2. The third-order valence-electron chi connectivity index (χ3n) is 5.58.